The molecule has 1 amide bonds. The number of amides is 1. The summed E-state index contributed by atoms with van der Waals surface area (Å²) in [6.45, 7) is 3.26. The summed E-state index contributed by atoms with van der Waals surface area (Å²) in [6, 6.07) is 0. The number of alkyl halides is 1. The summed E-state index contributed by atoms with van der Waals surface area (Å²) in [5, 5.41) is 9.93. The van der Waals surface area contributed by atoms with Crippen molar-refractivity contribution in [3.63, 3.8) is 0 Å². The zero-order valence-electron chi connectivity index (χ0n) is 4.50. The second kappa shape index (κ2) is 5.72. The van der Waals surface area contributed by atoms with Gasteiger partial charge in [-0.05, 0) is 0 Å². The fourth-order valence-electron chi connectivity index (χ4n) is 0.177. The number of hydrogen-bond acceptors (Lipinski definition) is 1. The minimum Gasteiger partial charge on any atom is -0.465 e. The van der Waals surface area contributed by atoms with Crippen molar-refractivity contribution in [2.45, 2.75) is 5.50 Å². The van der Waals surface area contributed by atoms with Crippen LogP contribution < -0.4 is 5.32 Å². The normalized spacial score (nSPS) is 10.8. The van der Waals surface area contributed by atoms with Gasteiger partial charge in [0.05, 0.1) is 0 Å². The van der Waals surface area contributed by atoms with Crippen LogP contribution in [0.1, 0.15) is 0 Å². The molecular formula is C4H7Cl2NO2. The Kier molecular flexibility index (Phi) is 7.24. The summed E-state index contributed by atoms with van der Waals surface area (Å²) in [4.78, 5) is 9.73. The topological polar surface area (TPSA) is 49.3 Å². The first-order chi connectivity index (χ1) is 3.66. The van der Waals surface area contributed by atoms with E-state index in [1.165, 1.54) is 6.08 Å². The molecule has 0 saturated carbocycles. The lowest BCUT2D eigenvalue weighted by molar-refractivity contribution is 0.194. The summed E-state index contributed by atoms with van der Waals surface area (Å²) in [5.41, 5.74) is -0.688. The van der Waals surface area contributed by atoms with Crippen LogP contribution in [0.4, 0.5) is 4.79 Å². The maximum absolute atomic E-state index is 9.73. The molecule has 5 heteroatoms. The van der Waals surface area contributed by atoms with Crippen LogP contribution in [0, 0.1) is 0 Å². The predicted molar refractivity (Wildman–Crippen MR) is 38.2 cm³/mol. The number of nitrogens with one attached hydrogen (secondary N) is 1. The van der Waals surface area contributed by atoms with Gasteiger partial charge in [0.25, 0.3) is 0 Å². The highest BCUT2D eigenvalue weighted by Crippen LogP contribution is 1.88. The lowest BCUT2D eigenvalue weighted by Gasteiger charge is -1.99. The van der Waals surface area contributed by atoms with Crippen LogP contribution in [-0.2, 0) is 0 Å². The fraction of sp³-hybridized carbons (Fsp3) is 0.250. The van der Waals surface area contributed by atoms with E-state index < -0.39 is 11.6 Å². The molecule has 9 heavy (non-hydrogen) atoms. The third kappa shape index (κ3) is 7.59. The van der Waals surface area contributed by atoms with Gasteiger partial charge in [-0.25, -0.2) is 4.79 Å². The largest absolute Gasteiger partial charge is 0.465 e. The Labute approximate surface area is 64.1 Å². The van der Waals surface area contributed by atoms with Gasteiger partial charge in [0.15, 0.2) is 0 Å². The van der Waals surface area contributed by atoms with E-state index in [0.29, 0.717) is 0 Å². The zero-order chi connectivity index (χ0) is 6.57. The van der Waals surface area contributed by atoms with Gasteiger partial charge < -0.3 is 10.4 Å². The van der Waals surface area contributed by atoms with Gasteiger partial charge in [-0.3, -0.25) is 0 Å². The van der Waals surface area contributed by atoms with E-state index in [-0.39, 0.29) is 12.4 Å². The number of hydrogen-bond donors (Lipinski definition) is 2. The number of carbonyl (C=O) groups is 1. The van der Waals surface area contributed by atoms with Gasteiger partial charge in [-0.15, -0.1) is 12.4 Å². The molecule has 0 aromatic heterocycles. The highest BCUT2D eigenvalue weighted by molar-refractivity contribution is 6.22. The molecule has 0 fully saturated rings. The van der Waals surface area contributed by atoms with Gasteiger partial charge >= 0.3 is 6.09 Å². The van der Waals surface area contributed by atoms with E-state index in [9.17, 15) is 4.79 Å². The molecule has 0 saturated heterocycles. The molecule has 0 bridgehead atoms. The first kappa shape index (κ1) is 11.4. The average molecular weight is 172 g/mol. The predicted octanol–water partition coefficient (Wildman–Crippen LogP) is 1.43. The van der Waals surface area contributed by atoms with E-state index in [1.807, 2.05) is 5.32 Å². The van der Waals surface area contributed by atoms with E-state index in [4.69, 9.17) is 16.7 Å². The smallest absolute Gasteiger partial charge is 0.406 e. The minimum absolute atomic E-state index is 0. The maximum atomic E-state index is 9.73. The Hall–Kier alpha value is -0.410. The van der Waals surface area contributed by atoms with E-state index in [0.717, 1.165) is 0 Å². The molecule has 0 spiro atoms. The molecule has 0 aliphatic rings. The number of halogens is 2. The Morgan fingerprint density at radius 2 is 2.33 bits per heavy atom. The lowest BCUT2D eigenvalue weighted by Crippen LogP contribution is -2.26. The van der Waals surface area contributed by atoms with Crippen LogP contribution in [0.3, 0.4) is 0 Å². The summed E-state index contributed by atoms with van der Waals surface area (Å²) < 4.78 is 0. The standard InChI is InChI=1S/C4H6ClNO2.ClH/c1-2-3(5)6-4(7)8;/h2-3,6H,1H2,(H,7,8);1H. The van der Waals surface area contributed by atoms with Crippen molar-refractivity contribution in [1.29, 1.82) is 0 Å². The van der Waals surface area contributed by atoms with Crippen molar-refractivity contribution in [1.82, 2.24) is 5.32 Å². The van der Waals surface area contributed by atoms with Crippen molar-refractivity contribution in [3.8, 4) is 0 Å². The van der Waals surface area contributed by atoms with Gasteiger partial charge in [0, 0.05) is 0 Å². The van der Waals surface area contributed by atoms with Crippen LogP contribution in [0.2, 0.25) is 0 Å². The van der Waals surface area contributed by atoms with E-state index in [2.05, 4.69) is 6.58 Å². The summed E-state index contributed by atoms with van der Waals surface area (Å²) in [5.74, 6) is 0. The molecule has 0 aromatic rings. The maximum Gasteiger partial charge on any atom is 0.406 e. The highest BCUT2D eigenvalue weighted by Gasteiger charge is 1.99. The second-order valence-corrected chi connectivity index (χ2v) is 1.56. The summed E-state index contributed by atoms with van der Waals surface area (Å²) in [7, 11) is 0. The molecule has 0 heterocycles. The molecule has 54 valence electrons. The van der Waals surface area contributed by atoms with Gasteiger partial charge in [0.2, 0.25) is 0 Å². The molecule has 0 aliphatic heterocycles. The van der Waals surface area contributed by atoms with Crippen molar-refractivity contribution >= 4 is 30.1 Å². The first-order valence-electron chi connectivity index (χ1n) is 1.93. The monoisotopic (exact) mass is 171 g/mol. The first-order valence-corrected chi connectivity index (χ1v) is 2.36. The fourth-order valence-corrected chi connectivity index (χ4v) is 0.270. The Bertz CT molecular complexity index is 107. The van der Waals surface area contributed by atoms with E-state index >= 15 is 0 Å². The molecule has 0 aromatic carbocycles. The molecule has 3 nitrogen and oxygen atoms in total. The minimum atomic E-state index is -1.15. The lowest BCUT2D eigenvalue weighted by atomic mass is 10.6. The zero-order valence-corrected chi connectivity index (χ0v) is 6.08. The molecular weight excluding hydrogens is 165 g/mol. The SMILES string of the molecule is C=CC(Cl)NC(=O)O.Cl. The second-order valence-electron chi connectivity index (χ2n) is 1.09. The number of rotatable bonds is 2. The average Bonchev–Trinajstić information content (AvgIpc) is 1.65. The van der Waals surface area contributed by atoms with Crippen LogP contribution in [0.5, 0.6) is 0 Å². The molecule has 0 rings (SSSR count). The van der Waals surface area contributed by atoms with Crippen molar-refractivity contribution in [3.05, 3.63) is 12.7 Å². The van der Waals surface area contributed by atoms with Gasteiger partial charge in [-0.1, -0.05) is 24.3 Å². The number of carboxylic acid groups (broad SMARTS) is 1. The summed E-state index contributed by atoms with van der Waals surface area (Å²) in [6.07, 6.45) is 0.139. The van der Waals surface area contributed by atoms with Crippen molar-refractivity contribution < 1.29 is 9.90 Å². The quantitative estimate of drug-likeness (QED) is 0.376. The highest BCUT2D eigenvalue weighted by atomic mass is 35.5. The molecule has 0 aliphatic carbocycles. The Balaban J connectivity index is 0. The van der Waals surface area contributed by atoms with Gasteiger partial charge in [0.1, 0.15) is 5.50 Å². The van der Waals surface area contributed by atoms with Crippen LogP contribution in [-0.4, -0.2) is 16.7 Å². The Morgan fingerprint density at radius 1 is 1.89 bits per heavy atom. The van der Waals surface area contributed by atoms with Crippen LogP contribution in [0.25, 0.3) is 0 Å². The molecule has 1 atom stereocenters. The summed E-state index contributed by atoms with van der Waals surface area (Å²) >= 11 is 5.25. The van der Waals surface area contributed by atoms with Crippen LogP contribution >= 0.6 is 24.0 Å². The molecule has 2 N–H and O–H groups in total. The third-order valence-electron chi connectivity index (χ3n) is 0.468. The molecule has 0 radical (unpaired) electrons. The van der Waals surface area contributed by atoms with Crippen LogP contribution in [0.15, 0.2) is 12.7 Å². The van der Waals surface area contributed by atoms with Crippen molar-refractivity contribution in [2.24, 2.45) is 0 Å². The Morgan fingerprint density at radius 3 is 2.44 bits per heavy atom. The van der Waals surface area contributed by atoms with E-state index in [1.54, 1.807) is 0 Å². The molecule has 1 unspecified atom stereocenters. The van der Waals surface area contributed by atoms with Gasteiger partial charge in [-0.2, -0.15) is 0 Å². The third-order valence-corrected chi connectivity index (χ3v) is 0.756. The van der Waals surface area contributed by atoms with Crippen molar-refractivity contribution in [2.75, 3.05) is 0 Å².